The highest BCUT2D eigenvalue weighted by Gasteiger charge is 2.42. The first-order valence-corrected chi connectivity index (χ1v) is 8.24. The van der Waals surface area contributed by atoms with Crippen molar-refractivity contribution in [1.29, 1.82) is 0 Å². The predicted molar refractivity (Wildman–Crippen MR) is 90.1 cm³/mol. The van der Waals surface area contributed by atoms with E-state index in [1.165, 1.54) is 30.3 Å². The van der Waals surface area contributed by atoms with Gasteiger partial charge in [-0.15, -0.1) is 0 Å². The summed E-state index contributed by atoms with van der Waals surface area (Å²) in [5, 5.41) is 11.3. The summed E-state index contributed by atoms with van der Waals surface area (Å²) in [6.45, 7) is 1.68. The molecule has 0 bridgehead atoms. The van der Waals surface area contributed by atoms with Gasteiger partial charge in [-0.25, -0.2) is 8.78 Å². The van der Waals surface area contributed by atoms with Gasteiger partial charge in [-0.3, -0.25) is 10.1 Å². The first-order chi connectivity index (χ1) is 12.6. The molecule has 8 heteroatoms. The molecule has 2 N–H and O–H groups in total. The fraction of sp³-hybridized carbons (Fsp3) is 0.316. The summed E-state index contributed by atoms with van der Waals surface area (Å²) in [6.07, 6.45) is -4.25. The highest BCUT2D eigenvalue weighted by molar-refractivity contribution is 5.73. The van der Waals surface area contributed by atoms with E-state index in [-0.39, 0.29) is 12.0 Å². The molecule has 2 aromatic carbocycles. The van der Waals surface area contributed by atoms with Crippen LogP contribution >= 0.6 is 0 Å². The summed E-state index contributed by atoms with van der Waals surface area (Å²) in [5.74, 6) is -3.44. The highest BCUT2D eigenvalue weighted by atomic mass is 19.4. The number of aliphatic carboxylic acids is 1. The van der Waals surface area contributed by atoms with E-state index in [1.54, 1.807) is 6.92 Å². The van der Waals surface area contributed by atoms with Crippen LogP contribution in [0.5, 0.6) is 0 Å². The Labute approximate surface area is 152 Å². The fourth-order valence-electron chi connectivity index (χ4n) is 2.69. The van der Waals surface area contributed by atoms with Crippen LogP contribution in [0.15, 0.2) is 42.5 Å². The third-order valence-electron chi connectivity index (χ3n) is 4.07. The second-order valence-corrected chi connectivity index (χ2v) is 6.07. The van der Waals surface area contributed by atoms with E-state index in [0.29, 0.717) is 17.5 Å². The molecule has 0 radical (unpaired) electrons. The first kappa shape index (κ1) is 20.8. The minimum absolute atomic E-state index is 0.0504. The van der Waals surface area contributed by atoms with Gasteiger partial charge in [0.2, 0.25) is 0 Å². The molecule has 0 aromatic heterocycles. The third kappa shape index (κ3) is 5.26. The van der Waals surface area contributed by atoms with Crippen molar-refractivity contribution >= 4 is 5.97 Å². The summed E-state index contributed by atoms with van der Waals surface area (Å²) in [5.41, 5.74) is 0.546. The molecule has 2 atom stereocenters. The van der Waals surface area contributed by atoms with Gasteiger partial charge in [0.25, 0.3) is 0 Å². The normalized spacial score (nSPS) is 14.0. The Balaban J connectivity index is 2.31. The van der Waals surface area contributed by atoms with Gasteiger partial charge in [-0.05, 0) is 35.2 Å². The average Bonchev–Trinajstić information content (AvgIpc) is 2.60. The van der Waals surface area contributed by atoms with Gasteiger partial charge in [0.15, 0.2) is 11.6 Å². The van der Waals surface area contributed by atoms with Gasteiger partial charge >= 0.3 is 12.1 Å². The largest absolute Gasteiger partial charge is 0.480 e. The number of hydrogen-bond acceptors (Lipinski definition) is 2. The Kier molecular flexibility index (Phi) is 6.54. The van der Waals surface area contributed by atoms with Crippen molar-refractivity contribution < 1.29 is 31.9 Å². The number of benzene rings is 2. The molecule has 0 saturated carbocycles. The van der Waals surface area contributed by atoms with E-state index in [0.717, 1.165) is 12.1 Å². The van der Waals surface area contributed by atoms with Crippen molar-refractivity contribution in [3.63, 3.8) is 0 Å². The smallest absolute Gasteiger partial charge is 0.407 e. The molecular weight excluding hydrogens is 369 g/mol. The molecule has 146 valence electrons. The number of carbonyl (C=O) groups is 1. The van der Waals surface area contributed by atoms with Crippen molar-refractivity contribution in [2.75, 3.05) is 0 Å². The lowest BCUT2D eigenvalue weighted by Gasteiger charge is -2.26. The molecule has 0 fully saturated rings. The van der Waals surface area contributed by atoms with Crippen LogP contribution in [0.1, 0.15) is 31.4 Å². The molecule has 0 spiro atoms. The molecule has 0 aliphatic carbocycles. The first-order valence-electron chi connectivity index (χ1n) is 8.24. The number of rotatable bonds is 7. The number of halogens is 5. The fourth-order valence-corrected chi connectivity index (χ4v) is 2.69. The van der Waals surface area contributed by atoms with Crippen LogP contribution in [-0.4, -0.2) is 23.3 Å². The van der Waals surface area contributed by atoms with Crippen molar-refractivity contribution in [2.45, 2.75) is 38.0 Å². The average molecular weight is 387 g/mol. The zero-order chi connectivity index (χ0) is 20.2. The maximum Gasteiger partial charge on any atom is 0.407 e. The molecule has 0 aliphatic heterocycles. The van der Waals surface area contributed by atoms with Crippen molar-refractivity contribution in [3.05, 3.63) is 59.7 Å². The van der Waals surface area contributed by atoms with E-state index >= 15 is 0 Å². The lowest BCUT2D eigenvalue weighted by atomic mass is 9.99. The van der Waals surface area contributed by atoms with Crippen LogP contribution in [0.4, 0.5) is 22.0 Å². The van der Waals surface area contributed by atoms with E-state index < -0.39 is 35.9 Å². The number of hydrogen-bond donors (Lipinski definition) is 2. The monoisotopic (exact) mass is 387 g/mol. The van der Waals surface area contributed by atoms with E-state index in [2.05, 4.69) is 5.32 Å². The Morgan fingerprint density at radius 1 is 1.04 bits per heavy atom. The number of carboxylic acids is 1. The third-order valence-corrected chi connectivity index (χ3v) is 4.07. The van der Waals surface area contributed by atoms with Gasteiger partial charge in [0, 0.05) is 0 Å². The molecule has 0 saturated heterocycles. The van der Waals surface area contributed by atoms with E-state index in [4.69, 9.17) is 5.11 Å². The standard InChI is InChI=1S/C19H18F5NO2/c1-2-3-16(18(26)27)25-17(19(22,23)24)12-6-4-11(5-7-12)13-8-9-14(20)15(21)10-13/h4-10,16-17,25H,2-3H2,1H3,(H,26,27)/t16-,17-/m0/s1. The second kappa shape index (κ2) is 8.47. The van der Waals surface area contributed by atoms with Crippen molar-refractivity contribution in [3.8, 4) is 11.1 Å². The second-order valence-electron chi connectivity index (χ2n) is 6.07. The van der Waals surface area contributed by atoms with Crippen molar-refractivity contribution in [1.82, 2.24) is 5.32 Å². The van der Waals surface area contributed by atoms with Gasteiger partial charge in [-0.1, -0.05) is 43.7 Å². The Morgan fingerprint density at radius 3 is 2.11 bits per heavy atom. The molecule has 0 amide bonds. The Morgan fingerprint density at radius 2 is 1.63 bits per heavy atom. The summed E-state index contributed by atoms with van der Waals surface area (Å²) >= 11 is 0. The maximum atomic E-state index is 13.4. The molecule has 0 heterocycles. The molecule has 3 nitrogen and oxygen atoms in total. The zero-order valence-corrected chi connectivity index (χ0v) is 14.4. The summed E-state index contributed by atoms with van der Waals surface area (Å²) in [7, 11) is 0. The Bertz CT molecular complexity index is 790. The SMILES string of the molecule is CCC[C@H](N[C@@H](c1ccc(-c2ccc(F)c(F)c2)cc1)C(F)(F)F)C(=O)O. The number of carboxylic acid groups (broad SMARTS) is 1. The molecule has 0 aliphatic rings. The van der Waals surface area contributed by atoms with Gasteiger partial charge in [0.1, 0.15) is 12.1 Å². The lowest BCUT2D eigenvalue weighted by Crippen LogP contribution is -2.44. The highest BCUT2D eigenvalue weighted by Crippen LogP contribution is 2.34. The molecule has 27 heavy (non-hydrogen) atoms. The topological polar surface area (TPSA) is 49.3 Å². The molecule has 2 rings (SSSR count). The van der Waals surface area contributed by atoms with Gasteiger partial charge in [-0.2, -0.15) is 13.2 Å². The van der Waals surface area contributed by atoms with Crippen LogP contribution in [0.2, 0.25) is 0 Å². The van der Waals surface area contributed by atoms with Gasteiger partial charge in [0.05, 0.1) is 0 Å². The maximum absolute atomic E-state index is 13.4. The summed E-state index contributed by atoms with van der Waals surface area (Å²) in [6, 6.07) is 4.76. The minimum atomic E-state index is -4.70. The van der Waals surface area contributed by atoms with Crippen molar-refractivity contribution in [2.24, 2.45) is 0 Å². The van der Waals surface area contributed by atoms with Gasteiger partial charge < -0.3 is 5.11 Å². The lowest BCUT2D eigenvalue weighted by molar-refractivity contribution is -0.163. The van der Waals surface area contributed by atoms with Crippen LogP contribution in [0.3, 0.4) is 0 Å². The van der Waals surface area contributed by atoms with E-state index in [9.17, 15) is 26.7 Å². The number of alkyl halides is 3. The molecule has 2 aromatic rings. The van der Waals surface area contributed by atoms with Crippen LogP contribution in [0, 0.1) is 11.6 Å². The molecule has 0 unspecified atom stereocenters. The minimum Gasteiger partial charge on any atom is -0.480 e. The van der Waals surface area contributed by atoms with E-state index in [1.807, 2.05) is 0 Å². The van der Waals surface area contributed by atoms with Crippen LogP contribution in [-0.2, 0) is 4.79 Å². The van der Waals surface area contributed by atoms with Crippen LogP contribution < -0.4 is 5.32 Å². The predicted octanol–water partition coefficient (Wildman–Crippen LogP) is 5.08. The van der Waals surface area contributed by atoms with Crippen LogP contribution in [0.25, 0.3) is 11.1 Å². The Hall–Kier alpha value is -2.48. The summed E-state index contributed by atoms with van der Waals surface area (Å²) in [4.78, 5) is 11.2. The number of nitrogens with one attached hydrogen (secondary N) is 1. The quantitative estimate of drug-likeness (QED) is 0.652. The molecular formula is C19H18F5NO2. The summed E-state index contributed by atoms with van der Waals surface area (Å²) < 4.78 is 66.7. The zero-order valence-electron chi connectivity index (χ0n) is 14.4.